The molecule has 0 atom stereocenters. The summed E-state index contributed by atoms with van der Waals surface area (Å²) in [5, 5.41) is 3.98. The molecule has 0 fully saturated rings. The van der Waals surface area contributed by atoms with Crippen LogP contribution in [0.4, 0.5) is 0 Å². The summed E-state index contributed by atoms with van der Waals surface area (Å²) in [6, 6.07) is 23.0. The van der Waals surface area contributed by atoms with Gasteiger partial charge in [0.15, 0.2) is 6.61 Å². The number of benzene rings is 3. The second-order valence-corrected chi connectivity index (χ2v) is 7.60. The van der Waals surface area contributed by atoms with Gasteiger partial charge in [-0.1, -0.05) is 43.2 Å². The number of unbranched alkanes of at least 4 members (excludes halogenated alkanes) is 1. The Morgan fingerprint density at radius 2 is 1.45 bits per heavy atom. The molecule has 33 heavy (non-hydrogen) atoms. The fraction of sp³-hybridized carbons (Fsp3) is 0.259. The lowest BCUT2D eigenvalue weighted by Crippen LogP contribution is -2.24. The number of hydrogen-bond acceptors (Lipinski definition) is 5. The molecule has 0 spiro atoms. The molecule has 0 heterocycles. The maximum atomic E-state index is 11.9. The van der Waals surface area contributed by atoms with Crippen LogP contribution in [0.3, 0.4) is 0 Å². The molecule has 0 radical (unpaired) electrons. The molecule has 3 rings (SSSR count). The minimum absolute atomic E-state index is 0.126. The Kier molecular flexibility index (Phi) is 9.33. The van der Waals surface area contributed by atoms with Gasteiger partial charge in [0.1, 0.15) is 23.9 Å². The van der Waals surface area contributed by atoms with E-state index in [1.165, 1.54) is 5.56 Å². The molecule has 3 aromatic carbocycles. The molecule has 0 aliphatic heterocycles. The van der Waals surface area contributed by atoms with Gasteiger partial charge in [-0.2, -0.15) is 5.10 Å². The van der Waals surface area contributed by atoms with Crippen LogP contribution in [-0.4, -0.2) is 25.3 Å². The number of hydrogen-bond donors (Lipinski definition) is 1. The van der Waals surface area contributed by atoms with Gasteiger partial charge in [0.05, 0.1) is 12.8 Å². The monoisotopic (exact) mass is 446 g/mol. The molecule has 1 N–H and O–H groups in total. The van der Waals surface area contributed by atoms with Gasteiger partial charge in [0, 0.05) is 0 Å². The molecule has 0 unspecified atom stereocenters. The van der Waals surface area contributed by atoms with Crippen molar-refractivity contribution in [1.82, 2.24) is 5.43 Å². The number of amides is 1. The Labute approximate surface area is 195 Å². The third kappa shape index (κ3) is 8.69. The third-order valence-electron chi connectivity index (χ3n) is 4.77. The van der Waals surface area contributed by atoms with E-state index in [1.54, 1.807) is 18.3 Å². The first-order valence-electron chi connectivity index (χ1n) is 11.1. The summed E-state index contributed by atoms with van der Waals surface area (Å²) in [5.74, 6) is 1.81. The first-order chi connectivity index (χ1) is 16.1. The Bertz CT molecular complexity index is 1010. The highest BCUT2D eigenvalue weighted by Gasteiger charge is 2.02. The maximum Gasteiger partial charge on any atom is 0.277 e. The lowest BCUT2D eigenvalue weighted by molar-refractivity contribution is -0.123. The van der Waals surface area contributed by atoms with E-state index in [-0.39, 0.29) is 12.5 Å². The summed E-state index contributed by atoms with van der Waals surface area (Å²) < 4.78 is 16.9. The molecule has 0 aliphatic carbocycles. The van der Waals surface area contributed by atoms with Crippen LogP contribution in [0.15, 0.2) is 77.9 Å². The number of carbonyl (C=O) groups excluding carboxylic acids is 1. The van der Waals surface area contributed by atoms with E-state index < -0.39 is 0 Å². The van der Waals surface area contributed by atoms with Gasteiger partial charge < -0.3 is 14.2 Å². The highest BCUT2D eigenvalue weighted by atomic mass is 16.5. The zero-order valence-corrected chi connectivity index (χ0v) is 19.1. The van der Waals surface area contributed by atoms with Crippen LogP contribution in [0.1, 0.15) is 36.5 Å². The number of aryl methyl sites for hydroxylation is 1. The molecule has 0 saturated carbocycles. The van der Waals surface area contributed by atoms with Gasteiger partial charge >= 0.3 is 0 Å². The summed E-state index contributed by atoms with van der Waals surface area (Å²) >= 11 is 0. The lowest BCUT2D eigenvalue weighted by Gasteiger charge is -2.08. The number of nitrogens with zero attached hydrogens (tertiary/aromatic N) is 1. The first-order valence-corrected chi connectivity index (χ1v) is 11.1. The predicted molar refractivity (Wildman–Crippen MR) is 130 cm³/mol. The van der Waals surface area contributed by atoms with Crippen molar-refractivity contribution in [1.29, 1.82) is 0 Å². The summed E-state index contributed by atoms with van der Waals surface area (Å²) in [5.41, 5.74) is 5.65. The zero-order valence-electron chi connectivity index (χ0n) is 19.1. The molecule has 0 aromatic heterocycles. The molecular weight excluding hydrogens is 416 g/mol. The van der Waals surface area contributed by atoms with Crippen LogP contribution in [0.2, 0.25) is 0 Å². The quantitative estimate of drug-likeness (QED) is 0.233. The largest absolute Gasteiger partial charge is 0.494 e. The van der Waals surface area contributed by atoms with Gasteiger partial charge in [0.2, 0.25) is 0 Å². The number of carbonyl (C=O) groups is 1. The Morgan fingerprint density at radius 3 is 2.12 bits per heavy atom. The summed E-state index contributed by atoms with van der Waals surface area (Å²) in [4.78, 5) is 11.9. The van der Waals surface area contributed by atoms with E-state index in [1.807, 2.05) is 36.4 Å². The van der Waals surface area contributed by atoms with Crippen molar-refractivity contribution < 1.29 is 19.0 Å². The van der Waals surface area contributed by atoms with Crippen LogP contribution in [0.5, 0.6) is 17.2 Å². The third-order valence-corrected chi connectivity index (χ3v) is 4.77. The number of ether oxygens (including phenoxy) is 3. The molecule has 1 amide bonds. The molecule has 0 bridgehead atoms. The Morgan fingerprint density at radius 1 is 0.848 bits per heavy atom. The van der Waals surface area contributed by atoms with Crippen LogP contribution < -0.4 is 19.6 Å². The second-order valence-electron chi connectivity index (χ2n) is 7.60. The first kappa shape index (κ1) is 23.9. The summed E-state index contributed by atoms with van der Waals surface area (Å²) in [6.07, 6.45) is 3.68. The van der Waals surface area contributed by atoms with E-state index in [4.69, 9.17) is 14.2 Å². The van der Waals surface area contributed by atoms with Crippen molar-refractivity contribution in [3.8, 4) is 17.2 Å². The van der Waals surface area contributed by atoms with E-state index in [9.17, 15) is 4.79 Å². The van der Waals surface area contributed by atoms with Crippen molar-refractivity contribution in [3.63, 3.8) is 0 Å². The standard InChI is InChI=1S/C27H30N2O4/c1-3-4-17-31-24-13-15-26(16-14-24)33-20-27(30)29-28-18-22-9-11-25(12-10-22)32-19-23-7-5-21(2)6-8-23/h5-16,18H,3-4,17,19-20H2,1-2H3,(H,29,30)/b28-18-. The van der Waals surface area contributed by atoms with Crippen molar-refractivity contribution in [3.05, 3.63) is 89.5 Å². The van der Waals surface area contributed by atoms with Gasteiger partial charge in [0.25, 0.3) is 5.91 Å². The highest BCUT2D eigenvalue weighted by Crippen LogP contribution is 2.18. The number of rotatable bonds is 12. The molecule has 6 nitrogen and oxygen atoms in total. The maximum absolute atomic E-state index is 11.9. The zero-order chi connectivity index (χ0) is 23.3. The Hall–Kier alpha value is -3.80. The lowest BCUT2D eigenvalue weighted by atomic mass is 10.2. The van der Waals surface area contributed by atoms with E-state index in [0.717, 1.165) is 35.5 Å². The van der Waals surface area contributed by atoms with E-state index in [2.05, 4.69) is 48.6 Å². The second kappa shape index (κ2) is 12.9. The molecule has 0 saturated heterocycles. The van der Waals surface area contributed by atoms with Gasteiger partial charge in [-0.15, -0.1) is 0 Å². The minimum atomic E-state index is -0.340. The predicted octanol–water partition coefficient (Wildman–Crippen LogP) is 5.28. The SMILES string of the molecule is CCCCOc1ccc(OCC(=O)N/N=C\c2ccc(OCc3ccc(C)cc3)cc2)cc1. The summed E-state index contributed by atoms with van der Waals surface area (Å²) in [6.45, 7) is 5.26. The van der Waals surface area contributed by atoms with Crippen LogP contribution in [0.25, 0.3) is 0 Å². The fourth-order valence-electron chi connectivity index (χ4n) is 2.83. The summed E-state index contributed by atoms with van der Waals surface area (Å²) in [7, 11) is 0. The average molecular weight is 447 g/mol. The van der Waals surface area contributed by atoms with Gasteiger partial charge in [-0.3, -0.25) is 4.79 Å². The topological polar surface area (TPSA) is 69.2 Å². The molecule has 6 heteroatoms. The van der Waals surface area contributed by atoms with Crippen molar-refractivity contribution in [2.45, 2.75) is 33.3 Å². The van der Waals surface area contributed by atoms with Crippen LogP contribution >= 0.6 is 0 Å². The molecule has 172 valence electrons. The van der Waals surface area contributed by atoms with E-state index >= 15 is 0 Å². The van der Waals surface area contributed by atoms with Gasteiger partial charge in [-0.25, -0.2) is 5.43 Å². The number of nitrogens with one attached hydrogen (secondary N) is 1. The smallest absolute Gasteiger partial charge is 0.277 e. The van der Waals surface area contributed by atoms with Crippen molar-refractivity contribution in [2.75, 3.05) is 13.2 Å². The Balaban J connectivity index is 1.36. The minimum Gasteiger partial charge on any atom is -0.494 e. The van der Waals surface area contributed by atoms with Crippen LogP contribution in [-0.2, 0) is 11.4 Å². The van der Waals surface area contributed by atoms with Crippen molar-refractivity contribution in [2.24, 2.45) is 5.10 Å². The van der Waals surface area contributed by atoms with E-state index in [0.29, 0.717) is 19.0 Å². The van der Waals surface area contributed by atoms with Crippen LogP contribution in [0, 0.1) is 6.92 Å². The molecule has 3 aromatic rings. The number of hydrazone groups is 1. The van der Waals surface area contributed by atoms with Gasteiger partial charge in [-0.05, 0) is 73.0 Å². The molecule has 0 aliphatic rings. The van der Waals surface area contributed by atoms with Crippen molar-refractivity contribution >= 4 is 12.1 Å². The highest BCUT2D eigenvalue weighted by molar-refractivity contribution is 5.83. The molecular formula is C27H30N2O4. The average Bonchev–Trinajstić information content (AvgIpc) is 2.84. The fourth-order valence-corrected chi connectivity index (χ4v) is 2.83. The normalized spacial score (nSPS) is 10.7.